The van der Waals surface area contributed by atoms with Gasteiger partial charge >= 0.3 is 0 Å². The van der Waals surface area contributed by atoms with Gasteiger partial charge in [-0.05, 0) is 54.6 Å². The van der Waals surface area contributed by atoms with Crippen LogP contribution in [0, 0.1) is 6.92 Å². The Bertz CT molecular complexity index is 521. The molecule has 2 aromatic rings. The predicted octanol–water partition coefficient (Wildman–Crippen LogP) is 3.25. The first-order valence-electron chi connectivity index (χ1n) is 6.09. The molecule has 1 heterocycles. The summed E-state index contributed by atoms with van der Waals surface area (Å²) in [5.74, 6) is 0. The molecule has 1 aliphatic rings. The van der Waals surface area contributed by atoms with Gasteiger partial charge < -0.3 is 5.32 Å². The fraction of sp³-hybridized carbons (Fsp3) is 0.385. The number of aryl methyl sites for hydroxylation is 1. The molecule has 0 radical (unpaired) electrons. The van der Waals surface area contributed by atoms with Crippen LogP contribution in [0.1, 0.15) is 24.0 Å². The maximum absolute atomic E-state index is 4.19. The molecule has 1 saturated carbocycles. The lowest BCUT2D eigenvalue weighted by Gasteiger charge is -2.08. The van der Waals surface area contributed by atoms with Crippen molar-refractivity contribution in [2.75, 3.05) is 0 Å². The lowest BCUT2D eigenvalue weighted by Crippen LogP contribution is -2.15. The zero-order valence-corrected chi connectivity index (χ0v) is 11.9. The van der Waals surface area contributed by atoms with E-state index in [0.717, 1.165) is 16.9 Å². The molecular weight excluding hydrogens is 262 g/mol. The number of benzene rings is 1. The van der Waals surface area contributed by atoms with Crippen LogP contribution in [0.5, 0.6) is 0 Å². The van der Waals surface area contributed by atoms with Crippen LogP contribution in [0.4, 0.5) is 0 Å². The second-order valence-electron chi connectivity index (χ2n) is 4.55. The van der Waals surface area contributed by atoms with E-state index >= 15 is 0 Å². The van der Waals surface area contributed by atoms with Crippen LogP contribution >= 0.6 is 23.3 Å². The van der Waals surface area contributed by atoms with Gasteiger partial charge in [0.25, 0.3) is 0 Å². The summed E-state index contributed by atoms with van der Waals surface area (Å²) in [6.45, 7) is 3.16. The van der Waals surface area contributed by atoms with E-state index in [4.69, 9.17) is 0 Å². The molecule has 0 atom stereocenters. The third-order valence-corrected chi connectivity index (χ3v) is 4.72. The summed E-state index contributed by atoms with van der Waals surface area (Å²) in [7, 11) is 0. The van der Waals surface area contributed by atoms with E-state index in [1.54, 1.807) is 18.1 Å². The minimum atomic E-state index is 0.764. The van der Waals surface area contributed by atoms with Gasteiger partial charge in [0.15, 0.2) is 4.34 Å². The second-order valence-corrected chi connectivity index (χ2v) is 6.65. The van der Waals surface area contributed by atoms with E-state index in [1.165, 1.54) is 40.4 Å². The summed E-state index contributed by atoms with van der Waals surface area (Å²) in [5, 5.41) is 3.55. The molecule has 94 valence electrons. The second kappa shape index (κ2) is 5.38. The highest BCUT2D eigenvalue weighted by molar-refractivity contribution is 8.01. The molecule has 1 aromatic heterocycles. The van der Waals surface area contributed by atoms with Crippen molar-refractivity contribution in [2.45, 2.75) is 41.6 Å². The Morgan fingerprint density at radius 3 is 3.00 bits per heavy atom. The number of hydrogen-bond acceptors (Lipinski definition) is 5. The zero-order chi connectivity index (χ0) is 12.4. The SMILES string of the molecule is Cc1cc(Sc2ncns2)ccc1CNC1CC1. The van der Waals surface area contributed by atoms with Crippen LogP contribution in [0.15, 0.2) is 33.8 Å². The van der Waals surface area contributed by atoms with Crippen molar-refractivity contribution in [3.63, 3.8) is 0 Å². The van der Waals surface area contributed by atoms with Crippen LogP contribution in [-0.2, 0) is 6.54 Å². The smallest absolute Gasteiger partial charge is 0.174 e. The normalized spacial score (nSPS) is 14.9. The van der Waals surface area contributed by atoms with Crippen LogP contribution in [0.25, 0.3) is 0 Å². The van der Waals surface area contributed by atoms with E-state index in [1.807, 2.05) is 0 Å². The van der Waals surface area contributed by atoms with Crippen molar-refractivity contribution in [1.29, 1.82) is 0 Å². The lowest BCUT2D eigenvalue weighted by atomic mass is 10.1. The lowest BCUT2D eigenvalue weighted by molar-refractivity contribution is 0.685. The van der Waals surface area contributed by atoms with Crippen molar-refractivity contribution in [1.82, 2.24) is 14.7 Å². The van der Waals surface area contributed by atoms with Gasteiger partial charge in [-0.15, -0.1) is 0 Å². The molecule has 18 heavy (non-hydrogen) atoms. The summed E-state index contributed by atoms with van der Waals surface area (Å²) < 4.78 is 5.01. The average molecular weight is 277 g/mol. The fourth-order valence-electron chi connectivity index (χ4n) is 1.78. The van der Waals surface area contributed by atoms with E-state index < -0.39 is 0 Å². The molecule has 0 spiro atoms. The van der Waals surface area contributed by atoms with Crippen LogP contribution < -0.4 is 5.32 Å². The molecule has 0 unspecified atom stereocenters. The Morgan fingerprint density at radius 2 is 2.33 bits per heavy atom. The monoisotopic (exact) mass is 277 g/mol. The number of nitrogens with one attached hydrogen (secondary N) is 1. The minimum absolute atomic E-state index is 0.764. The van der Waals surface area contributed by atoms with Crippen LogP contribution in [0.3, 0.4) is 0 Å². The van der Waals surface area contributed by atoms with Gasteiger partial charge in [-0.25, -0.2) is 4.98 Å². The first-order chi connectivity index (χ1) is 8.81. The Kier molecular flexibility index (Phi) is 3.63. The molecule has 0 saturated heterocycles. The fourth-order valence-corrected chi connectivity index (χ4v) is 3.30. The third kappa shape index (κ3) is 3.10. The number of rotatable bonds is 5. The Morgan fingerprint density at radius 1 is 1.44 bits per heavy atom. The van der Waals surface area contributed by atoms with Crippen LogP contribution in [-0.4, -0.2) is 15.4 Å². The molecule has 5 heteroatoms. The largest absolute Gasteiger partial charge is 0.310 e. The van der Waals surface area contributed by atoms with Gasteiger partial charge in [-0.2, -0.15) is 4.37 Å². The molecule has 1 N–H and O–H groups in total. The molecule has 0 aliphatic heterocycles. The van der Waals surface area contributed by atoms with E-state index in [-0.39, 0.29) is 0 Å². The standard InChI is InChI=1S/C13H15N3S2/c1-9-6-12(17-13-15-8-16-18-13)5-2-10(9)7-14-11-3-4-11/h2,5-6,8,11,14H,3-4,7H2,1H3. The van der Waals surface area contributed by atoms with Gasteiger partial charge in [-0.1, -0.05) is 17.8 Å². The molecule has 3 rings (SSSR count). The van der Waals surface area contributed by atoms with Crippen molar-refractivity contribution < 1.29 is 0 Å². The highest BCUT2D eigenvalue weighted by atomic mass is 32.2. The third-order valence-electron chi connectivity index (χ3n) is 3.02. The van der Waals surface area contributed by atoms with Crippen LogP contribution in [0.2, 0.25) is 0 Å². The Labute approximate surface area is 115 Å². The van der Waals surface area contributed by atoms with Crippen molar-refractivity contribution in [3.8, 4) is 0 Å². The van der Waals surface area contributed by atoms with E-state index in [2.05, 4.69) is 39.8 Å². The summed E-state index contributed by atoms with van der Waals surface area (Å²) in [6, 6.07) is 7.38. The first kappa shape index (κ1) is 12.1. The minimum Gasteiger partial charge on any atom is -0.310 e. The Hall–Kier alpha value is -0.910. The van der Waals surface area contributed by atoms with Crippen molar-refractivity contribution in [2.24, 2.45) is 0 Å². The molecular formula is C13H15N3S2. The molecule has 1 fully saturated rings. The quantitative estimate of drug-likeness (QED) is 0.910. The molecule has 0 bridgehead atoms. The predicted molar refractivity (Wildman–Crippen MR) is 75.1 cm³/mol. The molecule has 1 aliphatic carbocycles. The van der Waals surface area contributed by atoms with E-state index in [0.29, 0.717) is 0 Å². The number of nitrogens with zero attached hydrogens (tertiary/aromatic N) is 2. The molecule has 1 aromatic carbocycles. The molecule has 3 nitrogen and oxygen atoms in total. The van der Waals surface area contributed by atoms with E-state index in [9.17, 15) is 0 Å². The van der Waals surface area contributed by atoms with Gasteiger partial charge in [0.2, 0.25) is 0 Å². The van der Waals surface area contributed by atoms with Crippen molar-refractivity contribution in [3.05, 3.63) is 35.7 Å². The summed E-state index contributed by atoms with van der Waals surface area (Å²) in [5.41, 5.74) is 2.74. The van der Waals surface area contributed by atoms with Gasteiger partial charge in [0.05, 0.1) is 0 Å². The number of hydrogen-bond donors (Lipinski definition) is 1. The highest BCUT2D eigenvalue weighted by Gasteiger charge is 2.20. The molecule has 0 amide bonds. The van der Waals surface area contributed by atoms with Crippen molar-refractivity contribution >= 4 is 23.3 Å². The van der Waals surface area contributed by atoms with Gasteiger partial charge in [0, 0.05) is 17.5 Å². The van der Waals surface area contributed by atoms with Gasteiger partial charge in [-0.3, -0.25) is 0 Å². The topological polar surface area (TPSA) is 37.8 Å². The maximum Gasteiger partial charge on any atom is 0.174 e. The first-order valence-corrected chi connectivity index (χ1v) is 7.68. The Balaban J connectivity index is 1.67. The number of aromatic nitrogens is 2. The summed E-state index contributed by atoms with van der Waals surface area (Å²) in [4.78, 5) is 5.43. The highest BCUT2D eigenvalue weighted by Crippen LogP contribution is 2.29. The van der Waals surface area contributed by atoms with Gasteiger partial charge in [0.1, 0.15) is 6.33 Å². The zero-order valence-electron chi connectivity index (χ0n) is 10.2. The maximum atomic E-state index is 4.19. The summed E-state index contributed by atoms with van der Waals surface area (Å²) >= 11 is 3.12. The average Bonchev–Trinajstić information content (AvgIpc) is 3.05. The summed E-state index contributed by atoms with van der Waals surface area (Å²) in [6.07, 6.45) is 4.28.